The standard InChI is InChI=1S/C9H15NO3S/c1-6-8(4-5-14(6,12)13)10-9(11)7-2-3-7/h6-8H,2-5H2,1H3,(H,10,11). The summed E-state index contributed by atoms with van der Waals surface area (Å²) in [6.45, 7) is 1.68. The van der Waals surface area contributed by atoms with Crippen molar-refractivity contribution in [2.45, 2.75) is 37.5 Å². The monoisotopic (exact) mass is 217 g/mol. The van der Waals surface area contributed by atoms with Crippen molar-refractivity contribution < 1.29 is 13.2 Å². The zero-order chi connectivity index (χ0) is 10.3. The fourth-order valence-corrected chi connectivity index (χ4v) is 3.46. The molecular weight excluding hydrogens is 202 g/mol. The lowest BCUT2D eigenvalue weighted by molar-refractivity contribution is -0.122. The number of carbonyl (C=O) groups is 1. The zero-order valence-electron chi connectivity index (χ0n) is 8.19. The first kappa shape index (κ1) is 9.96. The molecule has 80 valence electrons. The highest BCUT2D eigenvalue weighted by molar-refractivity contribution is 7.92. The van der Waals surface area contributed by atoms with Crippen LogP contribution in [0.3, 0.4) is 0 Å². The quantitative estimate of drug-likeness (QED) is 0.713. The van der Waals surface area contributed by atoms with Gasteiger partial charge >= 0.3 is 0 Å². The van der Waals surface area contributed by atoms with E-state index in [0.717, 1.165) is 12.8 Å². The maximum Gasteiger partial charge on any atom is 0.223 e. The molecule has 2 rings (SSSR count). The molecule has 0 spiro atoms. The van der Waals surface area contributed by atoms with Crippen molar-refractivity contribution in [3.05, 3.63) is 0 Å². The summed E-state index contributed by atoms with van der Waals surface area (Å²) in [4.78, 5) is 11.4. The molecule has 1 heterocycles. The minimum absolute atomic E-state index is 0.0407. The lowest BCUT2D eigenvalue weighted by Gasteiger charge is -2.15. The second-order valence-corrected chi connectivity index (χ2v) is 6.73. The van der Waals surface area contributed by atoms with Crippen LogP contribution < -0.4 is 5.32 Å². The highest BCUT2D eigenvalue weighted by atomic mass is 32.2. The number of hydrogen-bond acceptors (Lipinski definition) is 3. The molecule has 0 aromatic rings. The fraction of sp³-hybridized carbons (Fsp3) is 0.889. The third-order valence-electron chi connectivity index (χ3n) is 3.12. The molecule has 2 fully saturated rings. The molecule has 5 heteroatoms. The van der Waals surface area contributed by atoms with E-state index < -0.39 is 15.1 Å². The molecule has 2 aliphatic rings. The average molecular weight is 217 g/mol. The molecule has 2 atom stereocenters. The first-order valence-corrected chi connectivity index (χ1v) is 6.74. The number of nitrogens with one attached hydrogen (secondary N) is 1. The summed E-state index contributed by atoms with van der Waals surface area (Å²) in [6, 6.07) is -0.159. The van der Waals surface area contributed by atoms with Crippen LogP contribution in [0.1, 0.15) is 26.2 Å². The highest BCUT2D eigenvalue weighted by Crippen LogP contribution is 2.30. The first-order valence-electron chi connectivity index (χ1n) is 5.02. The van der Waals surface area contributed by atoms with Crippen molar-refractivity contribution in [1.82, 2.24) is 5.32 Å². The van der Waals surface area contributed by atoms with E-state index in [4.69, 9.17) is 0 Å². The predicted octanol–water partition coefficient (Wildman–Crippen LogP) is 0.0882. The molecule has 1 aliphatic carbocycles. The lowest BCUT2D eigenvalue weighted by Crippen LogP contribution is -2.41. The van der Waals surface area contributed by atoms with Gasteiger partial charge in [-0.1, -0.05) is 0 Å². The Bertz CT molecular complexity index is 345. The Morgan fingerprint density at radius 2 is 1.93 bits per heavy atom. The normalized spacial score (nSPS) is 35.5. The van der Waals surface area contributed by atoms with Crippen molar-refractivity contribution in [3.63, 3.8) is 0 Å². The maximum absolute atomic E-state index is 11.4. The number of amides is 1. The van der Waals surface area contributed by atoms with Crippen LogP contribution in [0.2, 0.25) is 0 Å². The van der Waals surface area contributed by atoms with Crippen LogP contribution in [0.25, 0.3) is 0 Å². The van der Waals surface area contributed by atoms with Gasteiger partial charge < -0.3 is 5.32 Å². The number of rotatable bonds is 2. The summed E-state index contributed by atoms with van der Waals surface area (Å²) in [5, 5.41) is 2.42. The smallest absolute Gasteiger partial charge is 0.223 e. The maximum atomic E-state index is 11.4. The van der Waals surface area contributed by atoms with E-state index >= 15 is 0 Å². The van der Waals surface area contributed by atoms with Crippen molar-refractivity contribution in [1.29, 1.82) is 0 Å². The summed E-state index contributed by atoms with van der Waals surface area (Å²) >= 11 is 0. The van der Waals surface area contributed by atoms with Crippen LogP contribution in [-0.2, 0) is 14.6 Å². The summed E-state index contributed by atoms with van der Waals surface area (Å²) in [6.07, 6.45) is 2.49. The molecule has 0 bridgehead atoms. The van der Waals surface area contributed by atoms with Crippen LogP contribution in [-0.4, -0.2) is 31.4 Å². The molecule has 0 radical (unpaired) electrons. The summed E-state index contributed by atoms with van der Waals surface area (Å²) in [7, 11) is -2.94. The molecule has 4 nitrogen and oxygen atoms in total. The van der Waals surface area contributed by atoms with E-state index in [2.05, 4.69) is 5.32 Å². The molecule has 0 aromatic heterocycles. The summed E-state index contributed by atoms with van der Waals surface area (Å²) in [5.41, 5.74) is 0. The number of hydrogen-bond donors (Lipinski definition) is 1. The van der Waals surface area contributed by atoms with Crippen molar-refractivity contribution >= 4 is 15.7 Å². The van der Waals surface area contributed by atoms with Crippen molar-refractivity contribution in [2.24, 2.45) is 5.92 Å². The first-order chi connectivity index (χ1) is 6.50. The topological polar surface area (TPSA) is 63.2 Å². The van der Waals surface area contributed by atoms with Crippen LogP contribution in [0, 0.1) is 5.92 Å². The van der Waals surface area contributed by atoms with E-state index in [-0.39, 0.29) is 23.6 Å². The van der Waals surface area contributed by atoms with Crippen LogP contribution >= 0.6 is 0 Å². The van der Waals surface area contributed by atoms with Gasteiger partial charge in [-0.05, 0) is 26.2 Å². The van der Waals surface area contributed by atoms with Gasteiger partial charge in [-0.3, -0.25) is 4.79 Å². The van der Waals surface area contributed by atoms with E-state index in [1.165, 1.54) is 0 Å². The van der Waals surface area contributed by atoms with Gasteiger partial charge in [0.05, 0.1) is 11.0 Å². The highest BCUT2D eigenvalue weighted by Gasteiger charge is 2.39. The average Bonchev–Trinajstić information content (AvgIpc) is 2.90. The van der Waals surface area contributed by atoms with E-state index in [0.29, 0.717) is 6.42 Å². The Morgan fingerprint density at radius 1 is 1.29 bits per heavy atom. The van der Waals surface area contributed by atoms with Crippen molar-refractivity contribution in [2.75, 3.05) is 5.75 Å². The molecule has 1 saturated heterocycles. The van der Waals surface area contributed by atoms with Gasteiger partial charge in [0.1, 0.15) is 0 Å². The molecule has 1 aliphatic heterocycles. The summed E-state index contributed by atoms with van der Waals surface area (Å²) in [5.74, 6) is 0.411. The van der Waals surface area contributed by atoms with E-state index in [1.807, 2.05) is 0 Å². The van der Waals surface area contributed by atoms with Crippen molar-refractivity contribution in [3.8, 4) is 0 Å². The second-order valence-electron chi connectivity index (χ2n) is 4.25. The molecule has 0 aromatic carbocycles. The lowest BCUT2D eigenvalue weighted by atomic mass is 10.1. The SMILES string of the molecule is CC1C(NC(=O)C2CC2)CCS1(=O)=O. The van der Waals surface area contributed by atoms with Gasteiger partial charge in [0.15, 0.2) is 9.84 Å². The second kappa shape index (κ2) is 3.22. The van der Waals surface area contributed by atoms with Gasteiger partial charge in [-0.25, -0.2) is 8.42 Å². The minimum atomic E-state index is -2.94. The largest absolute Gasteiger partial charge is 0.352 e. The van der Waals surface area contributed by atoms with Gasteiger partial charge in [0.2, 0.25) is 5.91 Å². The van der Waals surface area contributed by atoms with Gasteiger partial charge in [-0.15, -0.1) is 0 Å². The Morgan fingerprint density at radius 3 is 2.36 bits per heavy atom. The van der Waals surface area contributed by atoms with E-state index in [1.54, 1.807) is 6.92 Å². The Kier molecular flexibility index (Phi) is 2.29. The Labute approximate surface area is 84.0 Å². The van der Waals surface area contributed by atoms with E-state index in [9.17, 15) is 13.2 Å². The molecular formula is C9H15NO3S. The predicted molar refractivity (Wildman–Crippen MR) is 52.5 cm³/mol. The Balaban J connectivity index is 1.96. The fourth-order valence-electron chi connectivity index (χ4n) is 1.80. The van der Waals surface area contributed by atoms with Crippen LogP contribution in [0.5, 0.6) is 0 Å². The molecule has 1 N–H and O–H groups in total. The third-order valence-corrected chi connectivity index (χ3v) is 5.39. The van der Waals surface area contributed by atoms with Gasteiger partial charge in [0, 0.05) is 12.0 Å². The van der Waals surface area contributed by atoms with Crippen LogP contribution in [0.4, 0.5) is 0 Å². The molecule has 14 heavy (non-hydrogen) atoms. The van der Waals surface area contributed by atoms with Gasteiger partial charge in [0.25, 0.3) is 0 Å². The molecule has 1 amide bonds. The third kappa shape index (κ3) is 1.78. The molecule has 2 unspecified atom stereocenters. The molecule has 1 saturated carbocycles. The number of carbonyl (C=O) groups excluding carboxylic acids is 1. The number of sulfone groups is 1. The minimum Gasteiger partial charge on any atom is -0.352 e. The Hall–Kier alpha value is -0.580. The van der Waals surface area contributed by atoms with Crippen LogP contribution in [0.15, 0.2) is 0 Å². The van der Waals surface area contributed by atoms with Gasteiger partial charge in [-0.2, -0.15) is 0 Å². The zero-order valence-corrected chi connectivity index (χ0v) is 9.01. The summed E-state index contributed by atoms with van der Waals surface area (Å²) < 4.78 is 22.8.